The van der Waals surface area contributed by atoms with Gasteiger partial charge in [0.05, 0.1) is 6.54 Å². The van der Waals surface area contributed by atoms with Crippen molar-refractivity contribution < 1.29 is 9.53 Å². The number of halogens is 1. The van der Waals surface area contributed by atoms with Crippen molar-refractivity contribution in [1.82, 2.24) is 5.32 Å². The average molecular weight is 281 g/mol. The molecule has 0 spiro atoms. The molecule has 0 saturated carbocycles. The summed E-state index contributed by atoms with van der Waals surface area (Å²) in [6.45, 7) is 5.59. The third-order valence-electron chi connectivity index (χ3n) is 1.87. The van der Waals surface area contributed by atoms with E-state index < -0.39 is 11.7 Å². The highest BCUT2D eigenvalue weighted by atomic mass is 35.5. The molecule has 1 rings (SSSR count). The lowest BCUT2D eigenvalue weighted by molar-refractivity contribution is 0.0535. The average Bonchev–Trinajstić information content (AvgIpc) is 2.20. The van der Waals surface area contributed by atoms with Crippen molar-refractivity contribution >= 4 is 23.4 Å². The second kappa shape index (κ2) is 6.35. The zero-order chi connectivity index (χ0) is 14.5. The molecule has 0 atom stereocenters. The minimum absolute atomic E-state index is 0.196. The maximum absolute atomic E-state index is 11.3. The molecule has 4 nitrogen and oxygen atoms in total. The number of hydrogen-bond donors (Lipinski definition) is 2. The summed E-state index contributed by atoms with van der Waals surface area (Å²) in [4.78, 5) is 11.3. The normalized spacial score (nSPS) is 10.3. The Labute approximate surface area is 118 Å². The number of alkyl carbamates (subject to hydrolysis) is 1. The van der Waals surface area contributed by atoms with E-state index in [-0.39, 0.29) is 6.54 Å². The van der Waals surface area contributed by atoms with Gasteiger partial charge in [0.1, 0.15) is 5.60 Å². The van der Waals surface area contributed by atoms with E-state index in [0.717, 1.165) is 0 Å². The number of nitrogens with one attached hydrogen (secondary N) is 1. The lowest BCUT2D eigenvalue weighted by atomic mass is 10.2. The van der Waals surface area contributed by atoms with E-state index in [0.29, 0.717) is 16.3 Å². The van der Waals surface area contributed by atoms with Crippen molar-refractivity contribution in [3.05, 3.63) is 28.8 Å². The van der Waals surface area contributed by atoms with Crippen molar-refractivity contribution in [3.63, 3.8) is 0 Å². The van der Waals surface area contributed by atoms with Gasteiger partial charge in [0.2, 0.25) is 0 Å². The van der Waals surface area contributed by atoms with Crippen LogP contribution in [0.2, 0.25) is 5.02 Å². The molecule has 0 heterocycles. The van der Waals surface area contributed by atoms with Crippen LogP contribution in [-0.2, 0) is 4.74 Å². The summed E-state index contributed by atoms with van der Waals surface area (Å²) < 4.78 is 5.07. The van der Waals surface area contributed by atoms with Crippen LogP contribution in [-0.4, -0.2) is 18.2 Å². The lowest BCUT2D eigenvalue weighted by Crippen LogP contribution is -2.32. The van der Waals surface area contributed by atoms with Crippen LogP contribution in [0.5, 0.6) is 0 Å². The van der Waals surface area contributed by atoms with E-state index >= 15 is 0 Å². The fourth-order valence-electron chi connectivity index (χ4n) is 1.26. The highest BCUT2D eigenvalue weighted by Gasteiger charge is 2.14. The van der Waals surface area contributed by atoms with Crippen molar-refractivity contribution in [1.29, 1.82) is 0 Å². The first-order valence-corrected chi connectivity index (χ1v) is 6.16. The molecule has 1 aromatic rings. The van der Waals surface area contributed by atoms with E-state index in [9.17, 15) is 4.79 Å². The minimum Gasteiger partial charge on any atom is -0.444 e. The Morgan fingerprint density at radius 3 is 2.68 bits per heavy atom. The standard InChI is InChI=1S/C14H17ClN2O2/c1-14(2,3)19-13(18)17-6-4-5-10-7-11(15)9-12(16)8-10/h7-9H,6,16H2,1-3H3,(H,17,18). The summed E-state index contributed by atoms with van der Waals surface area (Å²) in [5.41, 5.74) is 6.38. The third-order valence-corrected chi connectivity index (χ3v) is 2.09. The predicted octanol–water partition coefficient (Wildman–Crippen LogP) is 2.80. The van der Waals surface area contributed by atoms with Gasteiger partial charge in [0.15, 0.2) is 0 Å². The monoisotopic (exact) mass is 280 g/mol. The zero-order valence-electron chi connectivity index (χ0n) is 11.2. The molecule has 0 bridgehead atoms. The van der Waals surface area contributed by atoms with Crippen LogP contribution in [0.3, 0.4) is 0 Å². The molecule has 0 aliphatic heterocycles. The number of carbonyl (C=O) groups excluding carboxylic acids is 1. The van der Waals surface area contributed by atoms with E-state index in [2.05, 4.69) is 17.2 Å². The number of anilines is 1. The van der Waals surface area contributed by atoms with E-state index in [1.54, 1.807) is 39.0 Å². The number of ether oxygens (including phenoxy) is 1. The van der Waals surface area contributed by atoms with Crippen molar-refractivity contribution in [2.45, 2.75) is 26.4 Å². The zero-order valence-corrected chi connectivity index (χ0v) is 12.0. The highest BCUT2D eigenvalue weighted by Crippen LogP contribution is 2.15. The van der Waals surface area contributed by atoms with Crippen molar-refractivity contribution in [3.8, 4) is 11.8 Å². The summed E-state index contributed by atoms with van der Waals surface area (Å²) in [5, 5.41) is 3.07. The molecule has 0 saturated heterocycles. The Balaban J connectivity index is 2.50. The second-order valence-corrected chi connectivity index (χ2v) is 5.37. The lowest BCUT2D eigenvalue weighted by Gasteiger charge is -2.18. The molecule has 0 radical (unpaired) electrons. The van der Waals surface area contributed by atoms with E-state index in [4.69, 9.17) is 22.1 Å². The van der Waals surface area contributed by atoms with Crippen LogP contribution in [0, 0.1) is 11.8 Å². The molecule has 102 valence electrons. The molecule has 19 heavy (non-hydrogen) atoms. The maximum Gasteiger partial charge on any atom is 0.408 e. The molecule has 3 N–H and O–H groups in total. The van der Waals surface area contributed by atoms with Gasteiger partial charge in [-0.3, -0.25) is 0 Å². The predicted molar refractivity (Wildman–Crippen MR) is 77.0 cm³/mol. The number of nitrogen functional groups attached to an aromatic ring is 1. The largest absolute Gasteiger partial charge is 0.444 e. The number of hydrogen-bond acceptors (Lipinski definition) is 3. The Morgan fingerprint density at radius 1 is 1.42 bits per heavy atom. The first-order chi connectivity index (χ1) is 8.76. The number of amides is 1. The molecule has 1 amide bonds. The van der Waals surface area contributed by atoms with Gasteiger partial charge >= 0.3 is 6.09 Å². The van der Waals surface area contributed by atoms with Gasteiger partial charge in [0, 0.05) is 16.3 Å². The Hall–Kier alpha value is -1.86. The van der Waals surface area contributed by atoms with Crippen LogP contribution in [0.15, 0.2) is 18.2 Å². The van der Waals surface area contributed by atoms with E-state index in [1.807, 2.05) is 0 Å². The number of benzene rings is 1. The Kier molecular flexibility index (Phi) is 5.08. The summed E-state index contributed by atoms with van der Waals surface area (Å²) in [6, 6.07) is 5.07. The van der Waals surface area contributed by atoms with Crippen molar-refractivity contribution in [2.75, 3.05) is 12.3 Å². The van der Waals surface area contributed by atoms with Gasteiger partial charge in [0.25, 0.3) is 0 Å². The smallest absolute Gasteiger partial charge is 0.408 e. The number of nitrogens with two attached hydrogens (primary N) is 1. The van der Waals surface area contributed by atoms with Crippen LogP contribution < -0.4 is 11.1 Å². The summed E-state index contributed by atoms with van der Waals surface area (Å²) >= 11 is 5.85. The van der Waals surface area contributed by atoms with Gasteiger partial charge in [-0.25, -0.2) is 4.79 Å². The molecule has 0 aliphatic rings. The molecular weight excluding hydrogens is 264 g/mol. The van der Waals surface area contributed by atoms with Gasteiger partial charge in [-0.1, -0.05) is 23.4 Å². The summed E-state index contributed by atoms with van der Waals surface area (Å²) in [7, 11) is 0. The molecule has 5 heteroatoms. The molecule has 0 unspecified atom stereocenters. The molecule has 0 fully saturated rings. The summed E-state index contributed by atoms with van der Waals surface area (Å²) in [5.74, 6) is 5.66. The van der Waals surface area contributed by atoms with E-state index in [1.165, 1.54) is 0 Å². The topological polar surface area (TPSA) is 64.3 Å². The van der Waals surface area contributed by atoms with Crippen molar-refractivity contribution in [2.24, 2.45) is 0 Å². The second-order valence-electron chi connectivity index (χ2n) is 4.93. The first-order valence-electron chi connectivity index (χ1n) is 5.78. The summed E-state index contributed by atoms with van der Waals surface area (Å²) in [6.07, 6.45) is -0.493. The minimum atomic E-state index is -0.515. The molecule has 0 aromatic heterocycles. The van der Waals surface area contributed by atoms with Crippen LogP contribution >= 0.6 is 11.6 Å². The molecular formula is C14H17ClN2O2. The van der Waals surface area contributed by atoms with Crippen LogP contribution in [0.1, 0.15) is 26.3 Å². The van der Waals surface area contributed by atoms with Gasteiger partial charge < -0.3 is 15.8 Å². The van der Waals surface area contributed by atoms with Crippen LogP contribution in [0.4, 0.5) is 10.5 Å². The number of rotatable bonds is 1. The van der Waals surface area contributed by atoms with Gasteiger partial charge in [-0.15, -0.1) is 0 Å². The fourth-order valence-corrected chi connectivity index (χ4v) is 1.50. The highest BCUT2D eigenvalue weighted by molar-refractivity contribution is 6.30. The fraction of sp³-hybridized carbons (Fsp3) is 0.357. The first kappa shape index (κ1) is 15.2. The van der Waals surface area contributed by atoms with Crippen LogP contribution in [0.25, 0.3) is 0 Å². The molecule has 0 aliphatic carbocycles. The van der Waals surface area contributed by atoms with Gasteiger partial charge in [-0.05, 0) is 39.0 Å². The SMILES string of the molecule is CC(C)(C)OC(=O)NCC#Cc1cc(N)cc(Cl)c1. The molecule has 1 aromatic carbocycles. The quantitative estimate of drug-likeness (QED) is 0.614. The Morgan fingerprint density at radius 2 is 2.11 bits per heavy atom. The maximum atomic E-state index is 11.3. The van der Waals surface area contributed by atoms with Gasteiger partial charge in [-0.2, -0.15) is 0 Å². The number of carbonyl (C=O) groups is 1. The Bertz CT molecular complexity index is 504. The third kappa shape index (κ3) is 6.58.